The van der Waals surface area contributed by atoms with E-state index in [4.69, 9.17) is 22.3 Å². The zero-order chi connectivity index (χ0) is 16.3. The summed E-state index contributed by atoms with van der Waals surface area (Å²) in [7, 11) is 0. The van der Waals surface area contributed by atoms with Gasteiger partial charge in [-0.15, -0.1) is 0 Å². The van der Waals surface area contributed by atoms with Crippen molar-refractivity contribution in [2.24, 2.45) is 11.5 Å². The van der Waals surface area contributed by atoms with Gasteiger partial charge < -0.3 is 22.3 Å². The van der Waals surface area contributed by atoms with Crippen molar-refractivity contribution in [1.29, 1.82) is 0 Å². The highest BCUT2D eigenvalue weighted by atomic mass is 16.4. The molecule has 0 spiro atoms. The summed E-state index contributed by atoms with van der Waals surface area (Å²) >= 11 is 0. The summed E-state index contributed by atoms with van der Waals surface area (Å²) in [5.74, 6) is -1.29. The highest BCUT2D eigenvalue weighted by Crippen LogP contribution is 2.27. The maximum atomic E-state index is 12.0. The molecule has 0 unspecified atom stereocenters. The first kappa shape index (κ1) is 15.7. The van der Waals surface area contributed by atoms with Crippen molar-refractivity contribution >= 4 is 17.4 Å². The molecule has 0 aliphatic heterocycles. The average Bonchev–Trinajstić information content (AvgIpc) is 2.53. The molecule has 0 heterocycles. The number of carboxylic acids is 1. The quantitative estimate of drug-likeness (QED) is 0.483. The van der Waals surface area contributed by atoms with Crippen molar-refractivity contribution in [3.05, 3.63) is 53.6 Å². The molecule has 7 N–H and O–H groups in total. The molecule has 0 aliphatic carbocycles. The van der Waals surface area contributed by atoms with E-state index < -0.39 is 12.0 Å². The van der Waals surface area contributed by atoms with Gasteiger partial charge in [-0.2, -0.15) is 0 Å². The van der Waals surface area contributed by atoms with E-state index in [2.05, 4.69) is 0 Å². The van der Waals surface area contributed by atoms with Crippen LogP contribution in [-0.2, 0) is 0 Å². The second kappa shape index (κ2) is 6.38. The summed E-state index contributed by atoms with van der Waals surface area (Å²) < 4.78 is 0. The highest BCUT2D eigenvalue weighted by Gasteiger charge is 2.15. The molecule has 2 aromatic carbocycles. The van der Waals surface area contributed by atoms with Crippen molar-refractivity contribution in [2.75, 3.05) is 12.3 Å². The van der Waals surface area contributed by atoms with Crippen molar-refractivity contribution in [2.45, 2.75) is 6.04 Å². The minimum Gasteiger partial charge on any atom is -0.478 e. The molecule has 114 valence electrons. The van der Waals surface area contributed by atoms with E-state index in [1.54, 1.807) is 24.3 Å². The summed E-state index contributed by atoms with van der Waals surface area (Å²) in [5, 5.41) is 9.03. The Kier molecular flexibility index (Phi) is 4.55. The topological polar surface area (TPSA) is 132 Å². The second-order valence-corrected chi connectivity index (χ2v) is 4.89. The van der Waals surface area contributed by atoms with Crippen LogP contribution in [0, 0.1) is 0 Å². The van der Waals surface area contributed by atoms with Gasteiger partial charge in [0.25, 0.3) is 0 Å². The van der Waals surface area contributed by atoms with Gasteiger partial charge >= 0.3 is 5.97 Å². The van der Waals surface area contributed by atoms with Gasteiger partial charge in [0.05, 0.1) is 11.6 Å². The minimum atomic E-state index is -1.01. The largest absolute Gasteiger partial charge is 0.478 e. The number of benzene rings is 2. The average molecular weight is 299 g/mol. The van der Waals surface area contributed by atoms with Gasteiger partial charge in [0.15, 0.2) is 5.78 Å². The van der Waals surface area contributed by atoms with Crippen LogP contribution < -0.4 is 17.2 Å². The van der Waals surface area contributed by atoms with Crippen LogP contribution in [-0.4, -0.2) is 29.4 Å². The summed E-state index contributed by atoms with van der Waals surface area (Å²) in [6, 6.07) is 10.5. The Morgan fingerprint density at radius 1 is 1.09 bits per heavy atom. The Morgan fingerprint density at radius 2 is 1.82 bits per heavy atom. The fourth-order valence-corrected chi connectivity index (χ4v) is 2.12. The Balaban J connectivity index is 2.40. The highest BCUT2D eigenvalue weighted by molar-refractivity contribution is 6.02. The van der Waals surface area contributed by atoms with Crippen LogP contribution in [0.3, 0.4) is 0 Å². The number of carbonyl (C=O) groups excluding carboxylic acids is 1. The number of ketones is 1. The van der Waals surface area contributed by atoms with Gasteiger partial charge in [0.2, 0.25) is 0 Å². The van der Waals surface area contributed by atoms with E-state index in [0.717, 1.165) is 0 Å². The number of carboxylic acid groups (broad SMARTS) is 1. The van der Waals surface area contributed by atoms with Gasteiger partial charge in [0.1, 0.15) is 0 Å². The molecule has 2 rings (SSSR count). The molecular formula is C16H17N3O3. The third-order valence-electron chi connectivity index (χ3n) is 3.35. The van der Waals surface area contributed by atoms with Gasteiger partial charge in [-0.05, 0) is 23.8 Å². The molecule has 22 heavy (non-hydrogen) atoms. The predicted molar refractivity (Wildman–Crippen MR) is 84.6 cm³/mol. The van der Waals surface area contributed by atoms with Gasteiger partial charge in [0, 0.05) is 23.4 Å². The molecular weight excluding hydrogens is 282 g/mol. The molecule has 6 nitrogen and oxygen atoms in total. The zero-order valence-electron chi connectivity index (χ0n) is 11.8. The molecule has 2 aromatic rings. The van der Waals surface area contributed by atoms with E-state index in [9.17, 15) is 9.59 Å². The van der Waals surface area contributed by atoms with Crippen molar-refractivity contribution in [3.63, 3.8) is 0 Å². The Bertz CT molecular complexity index is 728. The number of aromatic carboxylic acids is 1. The molecule has 0 fully saturated rings. The lowest BCUT2D eigenvalue weighted by Crippen LogP contribution is -2.37. The first-order valence-corrected chi connectivity index (χ1v) is 6.67. The van der Waals surface area contributed by atoms with Crippen LogP contribution in [0.25, 0.3) is 11.1 Å². The Labute approximate surface area is 127 Å². The van der Waals surface area contributed by atoms with Crippen LogP contribution in [0.1, 0.15) is 20.7 Å². The maximum Gasteiger partial charge on any atom is 0.335 e. The predicted octanol–water partition coefficient (Wildman–Crippen LogP) is 1.10. The van der Waals surface area contributed by atoms with Crippen LogP contribution in [0.5, 0.6) is 0 Å². The fourth-order valence-electron chi connectivity index (χ4n) is 2.12. The molecule has 0 saturated heterocycles. The van der Waals surface area contributed by atoms with E-state index in [-0.39, 0.29) is 17.9 Å². The minimum absolute atomic E-state index is 0.0567. The lowest BCUT2D eigenvalue weighted by molar-refractivity contribution is 0.0696. The number of carbonyl (C=O) groups is 2. The number of anilines is 1. The van der Waals surface area contributed by atoms with E-state index in [0.29, 0.717) is 22.4 Å². The molecule has 1 atom stereocenters. The maximum absolute atomic E-state index is 12.0. The number of rotatable bonds is 5. The zero-order valence-corrected chi connectivity index (χ0v) is 11.8. The number of hydrogen-bond acceptors (Lipinski definition) is 5. The smallest absolute Gasteiger partial charge is 0.335 e. The van der Waals surface area contributed by atoms with Crippen molar-refractivity contribution in [3.8, 4) is 11.1 Å². The molecule has 0 bridgehead atoms. The molecule has 6 heteroatoms. The van der Waals surface area contributed by atoms with Gasteiger partial charge in [-0.25, -0.2) is 4.79 Å². The van der Waals surface area contributed by atoms with E-state index in [1.807, 2.05) is 0 Å². The van der Waals surface area contributed by atoms with Crippen LogP contribution >= 0.6 is 0 Å². The Morgan fingerprint density at radius 3 is 2.41 bits per heavy atom. The molecule has 0 radical (unpaired) electrons. The summed E-state index contributed by atoms with van der Waals surface area (Å²) in [6.07, 6.45) is 0. The van der Waals surface area contributed by atoms with Crippen molar-refractivity contribution in [1.82, 2.24) is 0 Å². The molecule has 0 aromatic heterocycles. The second-order valence-electron chi connectivity index (χ2n) is 4.89. The normalized spacial score (nSPS) is 11.9. The summed E-state index contributed by atoms with van der Waals surface area (Å²) in [4.78, 5) is 23.0. The molecule has 0 amide bonds. The number of nitrogens with two attached hydrogens (primary N) is 3. The van der Waals surface area contributed by atoms with Crippen LogP contribution in [0.4, 0.5) is 5.69 Å². The van der Waals surface area contributed by atoms with Crippen LogP contribution in [0.2, 0.25) is 0 Å². The number of Topliss-reactive ketones (excluding diaryl/α,β-unsaturated/α-hetero) is 1. The third kappa shape index (κ3) is 3.13. The number of nitrogen functional groups attached to an aromatic ring is 1. The molecule has 0 aliphatic rings. The molecule has 0 saturated carbocycles. The van der Waals surface area contributed by atoms with E-state index >= 15 is 0 Å². The van der Waals surface area contributed by atoms with E-state index in [1.165, 1.54) is 18.2 Å². The monoisotopic (exact) mass is 299 g/mol. The van der Waals surface area contributed by atoms with Crippen molar-refractivity contribution < 1.29 is 14.7 Å². The summed E-state index contributed by atoms with van der Waals surface area (Å²) in [6.45, 7) is 0.0567. The van der Waals surface area contributed by atoms with Crippen LogP contribution in [0.15, 0.2) is 42.5 Å². The van der Waals surface area contributed by atoms with Gasteiger partial charge in [-0.1, -0.05) is 24.3 Å². The Hall–Kier alpha value is -2.70. The lowest BCUT2D eigenvalue weighted by atomic mass is 9.97. The SMILES string of the molecule is NC[C@H](N)C(=O)c1ccc(-c2cccc(C(=O)O)c2)c(N)c1. The standard InChI is InChI=1S/C16H17N3O3/c17-8-14(19)15(20)10-4-5-12(13(18)7-10)9-2-1-3-11(6-9)16(21)22/h1-7,14H,8,17-19H2,(H,21,22)/t14-/m0/s1. The number of hydrogen-bond donors (Lipinski definition) is 4. The fraction of sp³-hybridized carbons (Fsp3) is 0.125. The van der Waals surface area contributed by atoms with Gasteiger partial charge in [-0.3, -0.25) is 4.79 Å². The third-order valence-corrected chi connectivity index (χ3v) is 3.35. The summed E-state index contributed by atoms with van der Waals surface area (Å²) in [5.41, 5.74) is 19.2. The first-order chi connectivity index (χ1) is 10.4. The first-order valence-electron chi connectivity index (χ1n) is 6.67. The lowest BCUT2D eigenvalue weighted by Gasteiger charge is -2.11.